The quantitative estimate of drug-likeness (QED) is 0.122. The maximum Gasteiger partial charge on any atom is 0.281 e. The van der Waals surface area contributed by atoms with E-state index in [2.05, 4.69) is 20.8 Å². The van der Waals surface area contributed by atoms with E-state index in [0.29, 0.717) is 42.5 Å². The largest absolute Gasteiger partial charge is 0.506 e. The van der Waals surface area contributed by atoms with E-state index in [1.807, 2.05) is 12.1 Å². The molecule has 3 heterocycles. The van der Waals surface area contributed by atoms with Crippen LogP contribution < -0.4 is 10.7 Å². The third-order valence-electron chi connectivity index (χ3n) is 5.39. The molecule has 37 heavy (non-hydrogen) atoms. The summed E-state index contributed by atoms with van der Waals surface area (Å²) >= 11 is 14.5. The Morgan fingerprint density at radius 3 is 2.49 bits per heavy atom. The molecule has 0 atom stereocenters. The molecule has 2 amide bonds. The minimum Gasteiger partial charge on any atom is -0.506 e. The average Bonchev–Trinajstić information content (AvgIpc) is 3.55. The molecule has 7 nitrogen and oxygen atoms in total. The van der Waals surface area contributed by atoms with Crippen molar-refractivity contribution in [3.05, 3.63) is 91.2 Å². The van der Waals surface area contributed by atoms with Crippen LogP contribution in [0, 0.1) is 0 Å². The van der Waals surface area contributed by atoms with Gasteiger partial charge < -0.3 is 10.4 Å². The fraction of sp³-hybridized carbons (Fsp3) is 0.154. The maximum atomic E-state index is 12.6. The zero-order valence-electron chi connectivity index (χ0n) is 19.6. The summed E-state index contributed by atoms with van der Waals surface area (Å²) in [4.78, 5) is 30.4. The van der Waals surface area contributed by atoms with Crippen molar-refractivity contribution in [3.8, 4) is 16.2 Å². The summed E-state index contributed by atoms with van der Waals surface area (Å²) in [6.07, 6.45) is 5.13. The molecule has 1 aromatic carbocycles. The Kier molecular flexibility index (Phi) is 8.94. The van der Waals surface area contributed by atoms with Crippen LogP contribution in [0.4, 0.5) is 0 Å². The lowest BCUT2D eigenvalue weighted by Crippen LogP contribution is -2.24. The highest BCUT2D eigenvalue weighted by Gasteiger charge is 2.17. The van der Waals surface area contributed by atoms with Crippen LogP contribution in [0.3, 0.4) is 0 Å². The molecule has 190 valence electrons. The van der Waals surface area contributed by atoms with E-state index >= 15 is 0 Å². The van der Waals surface area contributed by atoms with Gasteiger partial charge >= 0.3 is 0 Å². The van der Waals surface area contributed by atoms with Crippen LogP contribution in [0.1, 0.15) is 43.8 Å². The van der Waals surface area contributed by atoms with E-state index in [-0.39, 0.29) is 11.7 Å². The minimum atomic E-state index is -0.444. The molecule has 0 fully saturated rings. The second-order valence-electron chi connectivity index (χ2n) is 7.97. The first-order valence-electron chi connectivity index (χ1n) is 11.2. The van der Waals surface area contributed by atoms with Crippen LogP contribution in [-0.2, 0) is 6.42 Å². The first-order chi connectivity index (χ1) is 17.8. The number of carbonyl (C=O) groups is 2. The molecule has 0 saturated carbocycles. The Bertz CT molecular complexity index is 1450. The van der Waals surface area contributed by atoms with Gasteiger partial charge in [-0.05, 0) is 67.3 Å². The van der Waals surface area contributed by atoms with Crippen molar-refractivity contribution >= 4 is 63.4 Å². The lowest BCUT2D eigenvalue weighted by Gasteiger charge is -2.04. The molecule has 3 N–H and O–H groups in total. The van der Waals surface area contributed by atoms with Crippen LogP contribution in [0.25, 0.3) is 10.4 Å². The van der Waals surface area contributed by atoms with Crippen molar-refractivity contribution in [1.82, 2.24) is 15.7 Å². The Hall–Kier alpha value is -3.24. The second kappa shape index (κ2) is 12.3. The normalized spacial score (nSPS) is 11.4. The van der Waals surface area contributed by atoms with Gasteiger partial charge in [0.2, 0.25) is 0 Å². The van der Waals surface area contributed by atoms with Gasteiger partial charge in [-0.25, -0.2) is 5.43 Å². The van der Waals surface area contributed by atoms with Crippen LogP contribution >= 0.6 is 45.9 Å². The number of pyridine rings is 1. The van der Waals surface area contributed by atoms with E-state index in [9.17, 15) is 14.7 Å². The van der Waals surface area contributed by atoms with Crippen molar-refractivity contribution in [3.63, 3.8) is 0 Å². The molecule has 11 heteroatoms. The number of hydrogen-bond donors (Lipinski definition) is 3. The molecule has 0 bridgehead atoms. The van der Waals surface area contributed by atoms with Crippen molar-refractivity contribution in [2.75, 3.05) is 6.54 Å². The third-order valence-corrected chi connectivity index (χ3v) is 8.23. The number of hydrazone groups is 1. The first-order valence-corrected chi connectivity index (χ1v) is 13.7. The molecule has 0 aliphatic carbocycles. The van der Waals surface area contributed by atoms with Crippen molar-refractivity contribution < 1.29 is 14.7 Å². The zero-order valence-corrected chi connectivity index (χ0v) is 22.8. The molecule has 0 aliphatic heterocycles. The highest BCUT2D eigenvalue weighted by molar-refractivity contribution is 7.16. The molecule has 0 radical (unpaired) electrons. The number of halogens is 2. The number of aryl methyl sites for hydroxylation is 1. The Labute approximate surface area is 231 Å². The van der Waals surface area contributed by atoms with Gasteiger partial charge in [-0.15, -0.1) is 22.7 Å². The highest BCUT2D eigenvalue weighted by atomic mass is 35.5. The number of rotatable bonds is 9. The van der Waals surface area contributed by atoms with Crippen LogP contribution in [0.15, 0.2) is 65.3 Å². The Morgan fingerprint density at radius 2 is 1.76 bits per heavy atom. The number of aromatic hydroxyl groups is 1. The predicted molar refractivity (Wildman–Crippen MR) is 150 cm³/mol. The molecule has 0 unspecified atom stereocenters. The highest BCUT2D eigenvalue weighted by Crippen LogP contribution is 2.40. The lowest BCUT2D eigenvalue weighted by atomic mass is 10.1. The summed E-state index contributed by atoms with van der Waals surface area (Å²) in [5, 5.41) is 20.3. The molecule has 3 aromatic heterocycles. The van der Waals surface area contributed by atoms with Crippen LogP contribution in [0.2, 0.25) is 10.0 Å². The molecular weight excluding hydrogens is 551 g/mol. The molecule has 0 aliphatic rings. The SMILES string of the molecule is CC(=NNC(=O)c1ccc(C(=O)NCCCc2ccncc2)s1)c1csc(-c2ccc(Cl)c(Cl)c2)c1O. The number of carbonyl (C=O) groups excluding carboxylic acids is 2. The van der Waals surface area contributed by atoms with E-state index < -0.39 is 5.91 Å². The van der Waals surface area contributed by atoms with Gasteiger partial charge in [-0.2, -0.15) is 5.10 Å². The van der Waals surface area contributed by atoms with Gasteiger partial charge in [0.1, 0.15) is 5.75 Å². The summed E-state index contributed by atoms with van der Waals surface area (Å²) in [7, 11) is 0. The monoisotopic (exact) mass is 572 g/mol. The smallest absolute Gasteiger partial charge is 0.281 e. The number of amides is 2. The standard InChI is InChI=1S/C26H22Cl2N4O3S2/c1-15(18-14-36-24(23(18)33)17-4-5-19(27)20(28)13-17)31-32-26(35)22-7-6-21(37-22)25(34)30-10-2-3-16-8-11-29-12-9-16/h4-9,11-14,33H,2-3,10H2,1H3,(H,30,34)(H,32,35). The van der Waals surface area contributed by atoms with Crippen molar-refractivity contribution in [1.29, 1.82) is 0 Å². The van der Waals surface area contributed by atoms with Crippen molar-refractivity contribution in [2.24, 2.45) is 5.10 Å². The summed E-state index contributed by atoms with van der Waals surface area (Å²) < 4.78 is 0. The summed E-state index contributed by atoms with van der Waals surface area (Å²) in [5.41, 5.74) is 5.30. The number of hydrogen-bond acceptors (Lipinski definition) is 7. The molecule has 0 saturated heterocycles. The topological polar surface area (TPSA) is 104 Å². The Balaban J connectivity index is 1.32. The molecule has 4 rings (SSSR count). The van der Waals surface area contributed by atoms with Gasteiger partial charge in [-0.1, -0.05) is 29.3 Å². The van der Waals surface area contributed by atoms with Gasteiger partial charge in [0.25, 0.3) is 11.8 Å². The fourth-order valence-corrected chi connectivity index (χ4v) is 5.53. The van der Waals surface area contributed by atoms with E-state index in [0.717, 1.165) is 35.3 Å². The minimum absolute atomic E-state index is 0.0397. The van der Waals surface area contributed by atoms with Crippen LogP contribution in [0.5, 0.6) is 5.75 Å². The molecule has 4 aromatic rings. The third kappa shape index (κ3) is 6.75. The number of aromatic nitrogens is 1. The predicted octanol–water partition coefficient (Wildman–Crippen LogP) is 6.40. The van der Waals surface area contributed by atoms with Gasteiger partial charge in [0.05, 0.1) is 36.0 Å². The number of nitrogens with zero attached hydrogens (tertiary/aromatic N) is 2. The summed E-state index contributed by atoms with van der Waals surface area (Å²) in [6, 6.07) is 12.2. The number of benzene rings is 1. The fourth-order valence-electron chi connectivity index (χ4n) is 3.41. The second-order valence-corrected chi connectivity index (χ2v) is 10.8. The molecular formula is C26H22Cl2N4O3S2. The average molecular weight is 574 g/mol. The van der Waals surface area contributed by atoms with E-state index in [4.69, 9.17) is 23.2 Å². The summed E-state index contributed by atoms with van der Waals surface area (Å²) in [6.45, 7) is 2.21. The zero-order chi connectivity index (χ0) is 26.4. The van der Waals surface area contributed by atoms with Gasteiger partial charge in [0, 0.05) is 24.3 Å². The summed E-state index contributed by atoms with van der Waals surface area (Å²) in [5.74, 6) is -0.630. The maximum absolute atomic E-state index is 12.6. The number of thiophene rings is 2. The Morgan fingerprint density at radius 1 is 1.03 bits per heavy atom. The van der Waals surface area contributed by atoms with Crippen molar-refractivity contribution in [2.45, 2.75) is 19.8 Å². The van der Waals surface area contributed by atoms with Crippen LogP contribution in [-0.4, -0.2) is 34.2 Å². The van der Waals surface area contributed by atoms with E-state index in [1.165, 1.54) is 11.3 Å². The van der Waals surface area contributed by atoms with E-state index in [1.54, 1.807) is 55.0 Å². The lowest BCUT2D eigenvalue weighted by molar-refractivity contribution is 0.0951. The first kappa shape index (κ1) is 26.8. The van der Waals surface area contributed by atoms with Gasteiger partial charge in [-0.3, -0.25) is 14.6 Å². The molecule has 0 spiro atoms. The van der Waals surface area contributed by atoms with Gasteiger partial charge in [0.15, 0.2) is 0 Å². The number of nitrogens with one attached hydrogen (secondary N) is 2.